The van der Waals surface area contributed by atoms with Crippen LogP contribution in [0.1, 0.15) is 32.5 Å². The highest BCUT2D eigenvalue weighted by molar-refractivity contribution is 7.23. The van der Waals surface area contributed by atoms with Crippen LogP contribution in [0, 0.1) is 6.92 Å². The molecule has 31 heavy (non-hydrogen) atoms. The van der Waals surface area contributed by atoms with Gasteiger partial charge in [0, 0.05) is 11.1 Å². The summed E-state index contributed by atoms with van der Waals surface area (Å²) >= 11 is 2.73. The van der Waals surface area contributed by atoms with Gasteiger partial charge in [-0.2, -0.15) is 0 Å². The molecule has 0 saturated carbocycles. The number of thiazole rings is 1. The zero-order valence-corrected chi connectivity index (χ0v) is 18.9. The molecule has 0 aliphatic rings. The molecule has 0 spiro atoms. The molecule has 0 bridgehead atoms. The molecule has 2 heterocycles. The number of fused-ring (bicyclic) bond motifs is 1. The van der Waals surface area contributed by atoms with Gasteiger partial charge < -0.3 is 14.8 Å². The molecule has 2 aromatic carbocycles. The summed E-state index contributed by atoms with van der Waals surface area (Å²) in [6.07, 6.45) is 0. The molecule has 8 heteroatoms. The molecule has 2 aromatic heterocycles. The number of hydrogen-bond donors (Lipinski definition) is 1. The van der Waals surface area contributed by atoms with Crippen molar-refractivity contribution in [3.63, 3.8) is 0 Å². The first kappa shape index (κ1) is 21.0. The van der Waals surface area contributed by atoms with Crippen molar-refractivity contribution in [2.45, 2.75) is 13.8 Å². The molecular weight excluding hydrogens is 432 g/mol. The summed E-state index contributed by atoms with van der Waals surface area (Å²) in [5, 5.41) is 4.28. The van der Waals surface area contributed by atoms with E-state index in [1.807, 2.05) is 31.2 Å². The third-order valence-corrected chi connectivity index (χ3v) is 6.94. The number of nitrogens with one attached hydrogen (secondary N) is 1. The Kier molecular flexibility index (Phi) is 6.01. The number of aromatic nitrogens is 1. The van der Waals surface area contributed by atoms with Gasteiger partial charge in [-0.1, -0.05) is 12.1 Å². The molecule has 158 valence electrons. The van der Waals surface area contributed by atoms with Crippen LogP contribution in [0.4, 0.5) is 5.00 Å². The van der Waals surface area contributed by atoms with Gasteiger partial charge >= 0.3 is 5.97 Å². The second-order valence-electron chi connectivity index (χ2n) is 6.65. The maximum atomic E-state index is 12.9. The first-order chi connectivity index (χ1) is 15.0. The number of thiophene rings is 1. The Morgan fingerprint density at radius 2 is 1.81 bits per heavy atom. The lowest BCUT2D eigenvalue weighted by Gasteiger charge is -2.06. The molecule has 1 N–H and O–H groups in total. The molecule has 0 atom stereocenters. The maximum absolute atomic E-state index is 12.9. The van der Waals surface area contributed by atoms with Crippen LogP contribution in [0.5, 0.6) is 5.75 Å². The molecule has 1 amide bonds. The van der Waals surface area contributed by atoms with Gasteiger partial charge in [0.1, 0.15) is 20.6 Å². The van der Waals surface area contributed by atoms with E-state index in [0.29, 0.717) is 21.2 Å². The number of benzene rings is 2. The smallest absolute Gasteiger partial charge is 0.348 e. The van der Waals surface area contributed by atoms with Crippen molar-refractivity contribution in [1.29, 1.82) is 0 Å². The topological polar surface area (TPSA) is 77.5 Å². The van der Waals surface area contributed by atoms with Crippen LogP contribution >= 0.6 is 22.7 Å². The number of para-hydroxylation sites is 1. The number of amides is 1. The number of anilines is 1. The van der Waals surface area contributed by atoms with Gasteiger partial charge in [0.05, 0.1) is 23.9 Å². The number of carbonyl (C=O) groups excluding carboxylic acids is 2. The molecule has 0 saturated heterocycles. The van der Waals surface area contributed by atoms with Crippen molar-refractivity contribution in [3.05, 3.63) is 64.5 Å². The fourth-order valence-corrected chi connectivity index (χ4v) is 5.38. The van der Waals surface area contributed by atoms with Gasteiger partial charge in [0.15, 0.2) is 0 Å². The predicted molar refractivity (Wildman–Crippen MR) is 125 cm³/mol. The standard InChI is InChI=1S/C23H20N2O4S2/c1-4-29-23(27)19-13(2)18(21-24-16-7-5-6-8-17(16)30-21)22(31-19)25-20(26)14-9-11-15(28-3)12-10-14/h5-12H,4H2,1-3H3,(H,25,26). The fraction of sp³-hybridized carbons (Fsp3) is 0.174. The number of carbonyl (C=O) groups is 2. The first-order valence-electron chi connectivity index (χ1n) is 9.63. The van der Waals surface area contributed by atoms with E-state index in [2.05, 4.69) is 5.32 Å². The second kappa shape index (κ2) is 8.87. The average Bonchev–Trinajstić information content (AvgIpc) is 3.34. The van der Waals surface area contributed by atoms with Crippen molar-refractivity contribution < 1.29 is 19.1 Å². The molecule has 0 aliphatic carbocycles. The number of esters is 1. The largest absolute Gasteiger partial charge is 0.497 e. The second-order valence-corrected chi connectivity index (χ2v) is 8.70. The van der Waals surface area contributed by atoms with E-state index in [4.69, 9.17) is 14.5 Å². The molecule has 0 fully saturated rings. The summed E-state index contributed by atoms with van der Waals surface area (Å²) in [5.41, 5.74) is 2.85. The van der Waals surface area contributed by atoms with Crippen molar-refractivity contribution >= 4 is 49.8 Å². The first-order valence-corrected chi connectivity index (χ1v) is 11.3. The third-order valence-electron chi connectivity index (χ3n) is 4.69. The number of rotatable bonds is 6. The molecule has 0 aliphatic heterocycles. The fourth-order valence-electron chi connectivity index (χ4n) is 3.15. The van der Waals surface area contributed by atoms with Crippen LogP contribution in [0.15, 0.2) is 48.5 Å². The van der Waals surface area contributed by atoms with E-state index in [-0.39, 0.29) is 12.5 Å². The van der Waals surface area contributed by atoms with Gasteiger partial charge in [-0.3, -0.25) is 4.79 Å². The zero-order chi connectivity index (χ0) is 22.0. The molecular formula is C23H20N2O4S2. The summed E-state index contributed by atoms with van der Waals surface area (Å²) in [5.74, 6) is -0.0118. The minimum Gasteiger partial charge on any atom is -0.497 e. The Morgan fingerprint density at radius 1 is 1.06 bits per heavy atom. The highest BCUT2D eigenvalue weighted by Gasteiger charge is 2.25. The Hall–Kier alpha value is -3.23. The zero-order valence-electron chi connectivity index (χ0n) is 17.2. The van der Waals surface area contributed by atoms with E-state index in [1.165, 1.54) is 22.7 Å². The third kappa shape index (κ3) is 4.17. The summed E-state index contributed by atoms with van der Waals surface area (Å²) < 4.78 is 11.4. The van der Waals surface area contributed by atoms with Crippen molar-refractivity contribution in [2.24, 2.45) is 0 Å². The Labute approximate surface area is 187 Å². The lowest BCUT2D eigenvalue weighted by Crippen LogP contribution is -2.11. The van der Waals surface area contributed by atoms with Crippen molar-refractivity contribution in [2.75, 3.05) is 19.0 Å². The predicted octanol–water partition coefficient (Wildman–Crippen LogP) is 5.77. The van der Waals surface area contributed by atoms with Gasteiger partial charge in [0.25, 0.3) is 5.91 Å². The SMILES string of the molecule is CCOC(=O)c1sc(NC(=O)c2ccc(OC)cc2)c(-c2nc3ccccc3s2)c1C. The maximum Gasteiger partial charge on any atom is 0.348 e. The monoisotopic (exact) mass is 452 g/mol. The van der Waals surface area contributed by atoms with Crippen LogP contribution < -0.4 is 10.1 Å². The summed E-state index contributed by atoms with van der Waals surface area (Å²) in [6, 6.07) is 14.7. The Morgan fingerprint density at radius 3 is 2.48 bits per heavy atom. The van der Waals surface area contributed by atoms with Crippen molar-refractivity contribution in [3.8, 4) is 16.3 Å². The van der Waals surface area contributed by atoms with Gasteiger partial charge in [-0.25, -0.2) is 9.78 Å². The Bertz CT molecular complexity index is 1230. The number of hydrogen-bond acceptors (Lipinski definition) is 7. The highest BCUT2D eigenvalue weighted by Crippen LogP contribution is 2.43. The quantitative estimate of drug-likeness (QED) is 0.376. The summed E-state index contributed by atoms with van der Waals surface area (Å²) in [4.78, 5) is 30.6. The number of ether oxygens (including phenoxy) is 2. The average molecular weight is 453 g/mol. The summed E-state index contributed by atoms with van der Waals surface area (Å²) in [6.45, 7) is 3.90. The van der Waals surface area contributed by atoms with Crippen LogP contribution in [-0.2, 0) is 4.74 Å². The van der Waals surface area contributed by atoms with Crippen LogP contribution in [0.2, 0.25) is 0 Å². The lowest BCUT2D eigenvalue weighted by atomic mass is 10.1. The molecule has 0 radical (unpaired) electrons. The highest BCUT2D eigenvalue weighted by atomic mass is 32.1. The number of methoxy groups -OCH3 is 1. The van der Waals surface area contributed by atoms with Crippen LogP contribution in [0.3, 0.4) is 0 Å². The minimum absolute atomic E-state index is 0.276. The van der Waals surface area contributed by atoms with E-state index in [1.54, 1.807) is 38.3 Å². The van der Waals surface area contributed by atoms with Gasteiger partial charge in [-0.15, -0.1) is 22.7 Å². The minimum atomic E-state index is -0.405. The summed E-state index contributed by atoms with van der Waals surface area (Å²) in [7, 11) is 1.57. The van der Waals surface area contributed by atoms with Gasteiger partial charge in [0.2, 0.25) is 0 Å². The molecule has 4 aromatic rings. The van der Waals surface area contributed by atoms with E-state index < -0.39 is 5.97 Å². The Balaban J connectivity index is 1.76. The molecule has 6 nitrogen and oxygen atoms in total. The van der Waals surface area contributed by atoms with Crippen LogP contribution in [-0.4, -0.2) is 30.6 Å². The molecule has 0 unspecified atom stereocenters. The lowest BCUT2D eigenvalue weighted by molar-refractivity contribution is 0.0531. The number of nitrogens with zero attached hydrogens (tertiary/aromatic N) is 1. The molecule has 4 rings (SSSR count). The van der Waals surface area contributed by atoms with E-state index in [0.717, 1.165) is 26.4 Å². The van der Waals surface area contributed by atoms with E-state index >= 15 is 0 Å². The normalized spacial score (nSPS) is 10.8. The van der Waals surface area contributed by atoms with Crippen LogP contribution in [0.25, 0.3) is 20.8 Å². The van der Waals surface area contributed by atoms with E-state index in [9.17, 15) is 9.59 Å². The van der Waals surface area contributed by atoms with Crippen molar-refractivity contribution in [1.82, 2.24) is 4.98 Å². The van der Waals surface area contributed by atoms with Gasteiger partial charge in [-0.05, 0) is 55.8 Å².